The number of alkyl halides is 4. The van der Waals surface area contributed by atoms with Crippen LogP contribution in [0.1, 0.15) is 11.6 Å². The molecule has 0 radical (unpaired) electrons. The molecule has 0 saturated carbocycles. The van der Waals surface area contributed by atoms with Crippen LogP contribution in [0.3, 0.4) is 0 Å². The highest BCUT2D eigenvalue weighted by Gasteiger charge is 2.44. The van der Waals surface area contributed by atoms with Gasteiger partial charge in [-0.1, -0.05) is 6.07 Å². The Labute approximate surface area is 83.6 Å². The van der Waals surface area contributed by atoms with Gasteiger partial charge in [0.25, 0.3) is 0 Å². The number of pyridine rings is 1. The fourth-order valence-corrected chi connectivity index (χ4v) is 1.15. The topological polar surface area (TPSA) is 33.1 Å². The first-order valence-corrected chi connectivity index (χ1v) is 4.18. The Morgan fingerprint density at radius 2 is 2.00 bits per heavy atom. The zero-order valence-corrected chi connectivity index (χ0v) is 7.58. The fourth-order valence-electron chi connectivity index (χ4n) is 1.15. The molecule has 1 aromatic rings. The highest BCUT2D eigenvalue weighted by molar-refractivity contribution is 5.12. The molecule has 1 N–H and O–H groups in total. The third-order valence-electron chi connectivity index (χ3n) is 1.95. The van der Waals surface area contributed by atoms with Crippen molar-refractivity contribution in [1.82, 2.24) is 4.98 Å². The second-order valence-electron chi connectivity index (χ2n) is 3.00. The molecular weight excluding hydrogens is 214 g/mol. The van der Waals surface area contributed by atoms with E-state index in [1.807, 2.05) is 0 Å². The Balaban J connectivity index is 2.90. The predicted octanol–water partition coefficient (Wildman–Crippen LogP) is 2.06. The van der Waals surface area contributed by atoms with Crippen LogP contribution >= 0.6 is 0 Å². The average molecular weight is 223 g/mol. The second-order valence-corrected chi connectivity index (χ2v) is 3.00. The molecule has 1 heterocycles. The lowest BCUT2D eigenvalue weighted by atomic mass is 9.99. The molecule has 0 amide bonds. The van der Waals surface area contributed by atoms with Gasteiger partial charge in [-0.05, 0) is 12.1 Å². The molecule has 0 fully saturated rings. The van der Waals surface area contributed by atoms with Crippen LogP contribution in [0.4, 0.5) is 17.6 Å². The Hall–Kier alpha value is -1.17. The zero-order valence-electron chi connectivity index (χ0n) is 7.58. The minimum atomic E-state index is -4.84. The highest BCUT2D eigenvalue weighted by atomic mass is 19.4. The Morgan fingerprint density at radius 3 is 2.40 bits per heavy atom. The third kappa shape index (κ3) is 2.89. The summed E-state index contributed by atoms with van der Waals surface area (Å²) < 4.78 is 48.8. The number of rotatable bonds is 3. The van der Waals surface area contributed by atoms with E-state index in [-0.39, 0.29) is 5.69 Å². The summed E-state index contributed by atoms with van der Waals surface area (Å²) in [4.78, 5) is 3.58. The Kier molecular flexibility index (Phi) is 3.62. The molecule has 0 aromatic carbocycles. The molecule has 0 aliphatic rings. The maximum Gasteiger partial charge on any atom is 0.415 e. The lowest BCUT2D eigenvalue weighted by Gasteiger charge is -2.21. The summed E-state index contributed by atoms with van der Waals surface area (Å²) in [6.07, 6.45) is -6.31. The minimum absolute atomic E-state index is 0.107. The first-order chi connectivity index (χ1) is 6.96. The molecule has 2 atom stereocenters. The molecule has 0 bridgehead atoms. The van der Waals surface area contributed by atoms with Gasteiger partial charge in [0.05, 0.1) is 5.92 Å². The molecule has 2 unspecified atom stereocenters. The van der Waals surface area contributed by atoms with Crippen molar-refractivity contribution in [2.24, 2.45) is 0 Å². The van der Waals surface area contributed by atoms with Gasteiger partial charge in [-0.3, -0.25) is 9.37 Å². The third-order valence-corrected chi connectivity index (χ3v) is 1.95. The summed E-state index contributed by atoms with van der Waals surface area (Å²) in [5.41, 5.74) is -0.107. The number of aliphatic hydroxyl groups excluding tert-OH is 1. The van der Waals surface area contributed by atoms with Gasteiger partial charge in [0.2, 0.25) is 0 Å². The molecule has 1 aromatic heterocycles. The summed E-state index contributed by atoms with van der Waals surface area (Å²) in [6, 6.07) is 4.19. The van der Waals surface area contributed by atoms with Crippen molar-refractivity contribution in [2.45, 2.75) is 18.2 Å². The van der Waals surface area contributed by atoms with E-state index in [0.717, 1.165) is 0 Å². The predicted molar refractivity (Wildman–Crippen MR) is 45.0 cm³/mol. The van der Waals surface area contributed by atoms with E-state index >= 15 is 0 Å². The van der Waals surface area contributed by atoms with E-state index in [0.29, 0.717) is 0 Å². The molecule has 84 valence electrons. The largest absolute Gasteiger partial charge is 0.415 e. The molecule has 1 rings (SSSR count). The molecule has 0 spiro atoms. The van der Waals surface area contributed by atoms with Crippen LogP contribution in [-0.4, -0.2) is 29.0 Å². The minimum Gasteiger partial charge on any atom is -0.383 e. The van der Waals surface area contributed by atoms with Crippen LogP contribution in [0.2, 0.25) is 0 Å². The van der Waals surface area contributed by atoms with E-state index < -0.39 is 24.9 Å². The van der Waals surface area contributed by atoms with Crippen molar-refractivity contribution < 1.29 is 22.7 Å². The first kappa shape index (κ1) is 11.9. The van der Waals surface area contributed by atoms with Crippen molar-refractivity contribution >= 4 is 0 Å². The van der Waals surface area contributed by atoms with E-state index in [4.69, 9.17) is 5.11 Å². The maximum absolute atomic E-state index is 12.4. The van der Waals surface area contributed by atoms with Crippen LogP contribution in [0.5, 0.6) is 0 Å². The summed E-state index contributed by atoms with van der Waals surface area (Å²) in [7, 11) is 0. The summed E-state index contributed by atoms with van der Waals surface area (Å²) in [5, 5.41) is 8.89. The number of hydrogen-bond acceptors (Lipinski definition) is 2. The number of nitrogens with zero attached hydrogens (tertiary/aromatic N) is 1. The molecule has 0 saturated heterocycles. The van der Waals surface area contributed by atoms with Crippen molar-refractivity contribution in [3.05, 3.63) is 30.1 Å². The number of aromatic nitrogens is 1. The Morgan fingerprint density at radius 1 is 1.33 bits per heavy atom. The summed E-state index contributed by atoms with van der Waals surface area (Å²) in [6.45, 7) is -1.31. The maximum atomic E-state index is 12.4. The van der Waals surface area contributed by atoms with Crippen molar-refractivity contribution in [2.75, 3.05) is 6.67 Å². The van der Waals surface area contributed by atoms with Crippen LogP contribution in [0.25, 0.3) is 0 Å². The fraction of sp³-hybridized carbons (Fsp3) is 0.444. The average Bonchev–Trinajstić information content (AvgIpc) is 2.19. The van der Waals surface area contributed by atoms with Gasteiger partial charge < -0.3 is 5.11 Å². The van der Waals surface area contributed by atoms with Gasteiger partial charge in [-0.2, -0.15) is 13.2 Å². The molecule has 0 aliphatic heterocycles. The lowest BCUT2D eigenvalue weighted by Crippen LogP contribution is -2.36. The smallest absolute Gasteiger partial charge is 0.383 e. The van der Waals surface area contributed by atoms with Gasteiger partial charge in [-0.15, -0.1) is 0 Å². The molecular formula is C9H9F4NO. The van der Waals surface area contributed by atoms with Gasteiger partial charge in [0.1, 0.15) is 6.67 Å². The first-order valence-electron chi connectivity index (χ1n) is 4.18. The van der Waals surface area contributed by atoms with Crippen LogP contribution in [0, 0.1) is 0 Å². The van der Waals surface area contributed by atoms with Crippen molar-refractivity contribution in [3.63, 3.8) is 0 Å². The highest BCUT2D eigenvalue weighted by Crippen LogP contribution is 2.31. The second kappa shape index (κ2) is 4.57. The number of halogens is 4. The monoisotopic (exact) mass is 223 g/mol. The molecule has 2 nitrogen and oxygen atoms in total. The van der Waals surface area contributed by atoms with Crippen LogP contribution in [-0.2, 0) is 0 Å². The Bertz CT molecular complexity index is 301. The van der Waals surface area contributed by atoms with Crippen LogP contribution in [0.15, 0.2) is 24.4 Å². The quantitative estimate of drug-likeness (QED) is 0.795. The molecule has 6 heteroatoms. The van der Waals surface area contributed by atoms with Gasteiger partial charge >= 0.3 is 6.18 Å². The van der Waals surface area contributed by atoms with E-state index in [9.17, 15) is 17.6 Å². The van der Waals surface area contributed by atoms with Gasteiger partial charge in [0, 0.05) is 11.9 Å². The van der Waals surface area contributed by atoms with Crippen LogP contribution < -0.4 is 0 Å². The van der Waals surface area contributed by atoms with E-state index in [1.165, 1.54) is 24.4 Å². The summed E-state index contributed by atoms with van der Waals surface area (Å²) >= 11 is 0. The molecule has 15 heavy (non-hydrogen) atoms. The SMILES string of the molecule is OC(C(CF)c1ccccn1)C(F)(F)F. The van der Waals surface area contributed by atoms with Gasteiger partial charge in [-0.25, -0.2) is 0 Å². The number of hydrogen-bond donors (Lipinski definition) is 1. The molecule has 0 aliphatic carbocycles. The van der Waals surface area contributed by atoms with Crippen molar-refractivity contribution in [1.29, 1.82) is 0 Å². The zero-order chi connectivity index (χ0) is 11.5. The standard InChI is InChI=1S/C9H9F4NO/c10-5-6(8(15)9(11,12)13)7-3-1-2-4-14-7/h1-4,6,8,15H,5H2. The summed E-state index contributed by atoms with van der Waals surface area (Å²) in [5.74, 6) is -1.66. The number of aliphatic hydroxyl groups is 1. The van der Waals surface area contributed by atoms with Crippen molar-refractivity contribution in [3.8, 4) is 0 Å². The normalized spacial score (nSPS) is 16.1. The van der Waals surface area contributed by atoms with E-state index in [2.05, 4.69) is 4.98 Å². The lowest BCUT2D eigenvalue weighted by molar-refractivity contribution is -0.212. The van der Waals surface area contributed by atoms with Gasteiger partial charge in [0.15, 0.2) is 6.10 Å². The van der Waals surface area contributed by atoms with E-state index in [1.54, 1.807) is 0 Å².